The van der Waals surface area contributed by atoms with E-state index in [1.54, 1.807) is 0 Å². The van der Waals surface area contributed by atoms with Crippen LogP contribution in [-0.4, -0.2) is 46.0 Å². The summed E-state index contributed by atoms with van der Waals surface area (Å²) < 4.78 is 6.37. The summed E-state index contributed by atoms with van der Waals surface area (Å²) in [6, 6.07) is 0. The lowest BCUT2D eigenvalue weighted by atomic mass is 9.97. The lowest BCUT2D eigenvalue weighted by Crippen LogP contribution is -2.46. The van der Waals surface area contributed by atoms with E-state index in [-0.39, 0.29) is 28.2 Å². The summed E-state index contributed by atoms with van der Waals surface area (Å²) in [4.78, 5) is 5.71. The van der Waals surface area contributed by atoms with Crippen LogP contribution in [0.5, 0.6) is 0 Å². The molecule has 4 atom stereocenters. The van der Waals surface area contributed by atoms with Crippen molar-refractivity contribution in [2.75, 3.05) is 6.61 Å². The molecule has 1 aliphatic heterocycles. The Balaban J connectivity index is 2.10. The van der Waals surface area contributed by atoms with Crippen molar-refractivity contribution in [1.29, 1.82) is 0 Å². The van der Waals surface area contributed by atoms with Crippen LogP contribution in [0.3, 0.4) is 0 Å². The first kappa shape index (κ1) is 22.1. The molecule has 1 N–H and O–H groups in total. The second kappa shape index (κ2) is 7.01. The van der Waals surface area contributed by atoms with Gasteiger partial charge >= 0.3 is 0 Å². The van der Waals surface area contributed by atoms with E-state index in [9.17, 15) is 5.11 Å². The largest absolute Gasteiger partial charge is 0.416 e. The van der Waals surface area contributed by atoms with Crippen LogP contribution in [0.4, 0.5) is 0 Å². The van der Waals surface area contributed by atoms with Crippen molar-refractivity contribution < 1.29 is 14.4 Å². The molecule has 1 fully saturated rings. The van der Waals surface area contributed by atoms with E-state index >= 15 is 0 Å². The van der Waals surface area contributed by atoms with Gasteiger partial charge in [0, 0.05) is 18.9 Å². The van der Waals surface area contributed by atoms with E-state index in [2.05, 4.69) is 72.9 Å². The standard InChI is InChI=1S/C20H41NO3Si2/c1-19(2,3)25(7,8)16-13-15(22)18-17(16)14(21-24-18)11-12-23-26(9,10)20(4,5)6/h15-18,22H,11-13H2,1-10H3/t15-,16+,17+,18-/m0/s1. The van der Waals surface area contributed by atoms with Gasteiger partial charge in [-0.2, -0.15) is 0 Å². The quantitative estimate of drug-likeness (QED) is 0.629. The molecule has 4 nitrogen and oxygen atoms in total. The number of aliphatic hydroxyl groups is 1. The molecule has 0 spiro atoms. The number of hydrogen-bond acceptors (Lipinski definition) is 4. The minimum Gasteiger partial charge on any atom is -0.416 e. The number of aliphatic hydroxyl groups excluding tert-OH is 1. The summed E-state index contributed by atoms with van der Waals surface area (Å²) in [6.07, 6.45) is 1.15. The highest BCUT2D eigenvalue weighted by atomic mass is 28.4. The van der Waals surface area contributed by atoms with E-state index in [1.165, 1.54) is 0 Å². The van der Waals surface area contributed by atoms with E-state index in [1.807, 2.05) is 0 Å². The Labute approximate surface area is 162 Å². The minimum atomic E-state index is -1.74. The van der Waals surface area contributed by atoms with Gasteiger partial charge in [0.25, 0.3) is 0 Å². The second-order valence-electron chi connectivity index (χ2n) is 11.4. The van der Waals surface area contributed by atoms with Crippen molar-refractivity contribution in [2.45, 2.75) is 108 Å². The van der Waals surface area contributed by atoms with Crippen LogP contribution < -0.4 is 0 Å². The third kappa shape index (κ3) is 3.98. The monoisotopic (exact) mass is 399 g/mol. The predicted octanol–water partition coefficient (Wildman–Crippen LogP) is 5.41. The fourth-order valence-electron chi connectivity index (χ4n) is 3.90. The molecule has 0 aromatic heterocycles. The van der Waals surface area contributed by atoms with Gasteiger partial charge in [0.1, 0.15) is 0 Å². The van der Waals surface area contributed by atoms with Crippen molar-refractivity contribution in [2.24, 2.45) is 11.1 Å². The summed E-state index contributed by atoms with van der Waals surface area (Å²) >= 11 is 0. The van der Waals surface area contributed by atoms with Crippen LogP contribution in [0, 0.1) is 5.92 Å². The molecule has 1 aliphatic carbocycles. The predicted molar refractivity (Wildman–Crippen MR) is 115 cm³/mol. The third-order valence-corrected chi connectivity index (χ3v) is 18.7. The molecule has 6 heteroatoms. The zero-order valence-electron chi connectivity index (χ0n) is 18.6. The third-order valence-electron chi connectivity index (χ3n) is 7.83. The van der Waals surface area contributed by atoms with Crippen LogP contribution in [0.1, 0.15) is 54.4 Å². The SMILES string of the molecule is CC(C)(C)[Si](C)(C)OCCC1=NO[C@@H]2[C@H]1[C@H]([Si](C)(C)C(C)(C)C)C[C@@H]2O. The molecular formula is C20H41NO3Si2. The summed E-state index contributed by atoms with van der Waals surface area (Å²) in [5, 5.41) is 15.5. The van der Waals surface area contributed by atoms with Gasteiger partial charge in [-0.3, -0.25) is 0 Å². The topological polar surface area (TPSA) is 51.0 Å². The first-order valence-corrected chi connectivity index (χ1v) is 16.1. The maximum Gasteiger partial charge on any atom is 0.191 e. The average Bonchev–Trinajstić information content (AvgIpc) is 2.98. The summed E-state index contributed by atoms with van der Waals surface area (Å²) in [7, 11) is -3.34. The Bertz CT molecular complexity index is 546. The second-order valence-corrected chi connectivity index (χ2v) is 21.9. The van der Waals surface area contributed by atoms with Gasteiger partial charge < -0.3 is 14.4 Å². The van der Waals surface area contributed by atoms with Gasteiger partial charge in [-0.25, -0.2) is 0 Å². The Kier molecular flexibility index (Phi) is 5.97. The molecule has 0 aromatic carbocycles. The molecule has 2 aliphatic rings. The van der Waals surface area contributed by atoms with Gasteiger partial charge in [0.05, 0.1) is 19.9 Å². The molecular weight excluding hydrogens is 358 g/mol. The summed E-state index contributed by atoms with van der Waals surface area (Å²) in [5.74, 6) is 0.272. The molecule has 0 saturated heterocycles. The minimum absolute atomic E-state index is 0.142. The Hall–Kier alpha value is -0.176. The molecule has 0 aromatic rings. The normalized spacial score (nSPS) is 30.2. The molecule has 152 valence electrons. The average molecular weight is 400 g/mol. The first-order chi connectivity index (χ1) is 11.6. The Morgan fingerprint density at radius 3 is 2.15 bits per heavy atom. The summed E-state index contributed by atoms with van der Waals surface area (Å²) in [6.45, 7) is 24.1. The number of nitrogens with zero attached hydrogens (tertiary/aromatic N) is 1. The number of oxime groups is 1. The van der Waals surface area contributed by atoms with E-state index < -0.39 is 16.4 Å². The molecule has 1 heterocycles. The smallest absolute Gasteiger partial charge is 0.191 e. The van der Waals surface area contributed by atoms with Gasteiger partial charge in [-0.05, 0) is 35.1 Å². The lowest BCUT2D eigenvalue weighted by molar-refractivity contribution is -0.0102. The zero-order valence-corrected chi connectivity index (χ0v) is 20.6. The van der Waals surface area contributed by atoms with E-state index in [0.29, 0.717) is 12.1 Å². The van der Waals surface area contributed by atoms with E-state index in [0.717, 1.165) is 18.6 Å². The summed E-state index contributed by atoms with van der Waals surface area (Å²) in [5.41, 5.74) is 1.64. The van der Waals surface area contributed by atoms with Crippen LogP contribution in [0.2, 0.25) is 41.8 Å². The Morgan fingerprint density at radius 1 is 1.08 bits per heavy atom. The van der Waals surface area contributed by atoms with Gasteiger partial charge in [-0.15, -0.1) is 0 Å². The van der Waals surface area contributed by atoms with Crippen molar-refractivity contribution in [3.05, 3.63) is 0 Å². The lowest BCUT2D eigenvalue weighted by Gasteiger charge is -2.44. The molecule has 0 amide bonds. The molecule has 0 bridgehead atoms. The number of fused-ring (bicyclic) bond motifs is 1. The fraction of sp³-hybridized carbons (Fsp3) is 0.950. The first-order valence-electron chi connectivity index (χ1n) is 10.1. The van der Waals surface area contributed by atoms with Crippen LogP contribution in [0.25, 0.3) is 0 Å². The fourth-order valence-corrected chi connectivity index (χ4v) is 8.16. The molecule has 0 radical (unpaired) electrons. The van der Waals surface area contributed by atoms with Crippen molar-refractivity contribution in [3.63, 3.8) is 0 Å². The highest BCUT2D eigenvalue weighted by Gasteiger charge is 2.57. The number of rotatable bonds is 5. The van der Waals surface area contributed by atoms with Crippen LogP contribution >= 0.6 is 0 Å². The highest BCUT2D eigenvalue weighted by molar-refractivity contribution is 6.81. The maximum atomic E-state index is 10.6. The number of hydrogen-bond donors (Lipinski definition) is 1. The van der Waals surface area contributed by atoms with Gasteiger partial charge in [0.2, 0.25) is 0 Å². The van der Waals surface area contributed by atoms with Gasteiger partial charge in [0.15, 0.2) is 14.4 Å². The molecule has 26 heavy (non-hydrogen) atoms. The van der Waals surface area contributed by atoms with Crippen molar-refractivity contribution in [1.82, 2.24) is 0 Å². The van der Waals surface area contributed by atoms with Crippen molar-refractivity contribution >= 4 is 22.1 Å². The maximum absolute atomic E-state index is 10.6. The van der Waals surface area contributed by atoms with Gasteiger partial charge in [-0.1, -0.05) is 59.8 Å². The molecule has 1 saturated carbocycles. The molecule has 0 unspecified atom stereocenters. The van der Waals surface area contributed by atoms with Crippen molar-refractivity contribution in [3.8, 4) is 0 Å². The van der Waals surface area contributed by atoms with Crippen LogP contribution in [-0.2, 0) is 9.26 Å². The zero-order chi connectivity index (χ0) is 20.1. The van der Waals surface area contributed by atoms with Crippen LogP contribution in [0.15, 0.2) is 5.16 Å². The molecule has 2 rings (SSSR count). The van der Waals surface area contributed by atoms with E-state index in [4.69, 9.17) is 9.26 Å². The highest BCUT2D eigenvalue weighted by Crippen LogP contribution is 2.55. The Morgan fingerprint density at radius 2 is 1.65 bits per heavy atom.